The molecule has 0 aliphatic rings. The van der Waals surface area contributed by atoms with Crippen molar-refractivity contribution in [1.29, 1.82) is 0 Å². The Bertz CT molecular complexity index is 845. The van der Waals surface area contributed by atoms with Crippen LogP contribution in [0.25, 0.3) is 5.69 Å². The van der Waals surface area contributed by atoms with E-state index >= 15 is 0 Å². The first-order valence-corrected chi connectivity index (χ1v) is 8.72. The SMILES string of the molecule is CSc1cccc(NC(=O)Nc2cc(C)nn2-c2ccccc2)c1. The lowest BCUT2D eigenvalue weighted by Gasteiger charge is -2.10. The molecule has 0 atom stereocenters. The van der Waals surface area contributed by atoms with Crippen LogP contribution < -0.4 is 10.6 Å². The van der Waals surface area contributed by atoms with Crippen LogP contribution in [0.4, 0.5) is 16.3 Å². The smallest absolute Gasteiger partial charge is 0.308 e. The van der Waals surface area contributed by atoms with Gasteiger partial charge in [0.15, 0.2) is 0 Å². The lowest BCUT2D eigenvalue weighted by molar-refractivity contribution is 0.262. The highest BCUT2D eigenvalue weighted by atomic mass is 32.2. The predicted molar refractivity (Wildman–Crippen MR) is 99.2 cm³/mol. The molecule has 0 bridgehead atoms. The Morgan fingerprint density at radius 2 is 1.83 bits per heavy atom. The summed E-state index contributed by atoms with van der Waals surface area (Å²) in [7, 11) is 0. The van der Waals surface area contributed by atoms with Gasteiger partial charge in [-0.05, 0) is 43.5 Å². The highest BCUT2D eigenvalue weighted by molar-refractivity contribution is 7.98. The van der Waals surface area contributed by atoms with E-state index in [0.717, 1.165) is 22.0 Å². The maximum atomic E-state index is 12.3. The quantitative estimate of drug-likeness (QED) is 0.686. The average Bonchev–Trinajstić information content (AvgIpc) is 2.96. The van der Waals surface area contributed by atoms with Crippen LogP contribution in [0.1, 0.15) is 5.69 Å². The zero-order valence-electron chi connectivity index (χ0n) is 13.5. The van der Waals surface area contributed by atoms with Gasteiger partial charge in [0, 0.05) is 16.6 Å². The number of nitrogens with zero attached hydrogens (tertiary/aromatic N) is 2. The van der Waals surface area contributed by atoms with Crippen molar-refractivity contribution in [3.8, 4) is 5.69 Å². The second-order valence-electron chi connectivity index (χ2n) is 5.23. The van der Waals surface area contributed by atoms with Gasteiger partial charge in [-0.1, -0.05) is 24.3 Å². The van der Waals surface area contributed by atoms with Crippen molar-refractivity contribution in [3.63, 3.8) is 0 Å². The van der Waals surface area contributed by atoms with Crippen molar-refractivity contribution >= 4 is 29.3 Å². The van der Waals surface area contributed by atoms with Crippen molar-refractivity contribution in [2.75, 3.05) is 16.9 Å². The molecule has 2 N–H and O–H groups in total. The van der Waals surface area contributed by atoms with E-state index in [4.69, 9.17) is 0 Å². The molecule has 6 heteroatoms. The monoisotopic (exact) mass is 338 g/mol. The van der Waals surface area contributed by atoms with Crippen LogP contribution in [0.15, 0.2) is 65.6 Å². The molecule has 0 spiro atoms. The van der Waals surface area contributed by atoms with E-state index in [9.17, 15) is 4.79 Å². The standard InChI is InChI=1S/C18H18N4OS/c1-13-11-17(22(21-13)15-8-4-3-5-9-15)20-18(23)19-14-7-6-10-16(12-14)24-2/h3-12H,1-2H3,(H2,19,20,23). The molecule has 0 saturated carbocycles. The number of urea groups is 1. The van der Waals surface area contributed by atoms with Gasteiger partial charge in [0.25, 0.3) is 0 Å². The van der Waals surface area contributed by atoms with Crippen molar-refractivity contribution in [3.05, 3.63) is 66.4 Å². The molecule has 0 aliphatic carbocycles. The van der Waals surface area contributed by atoms with Crippen molar-refractivity contribution < 1.29 is 4.79 Å². The first kappa shape index (κ1) is 16.1. The van der Waals surface area contributed by atoms with Crippen LogP contribution in [0.2, 0.25) is 0 Å². The minimum absolute atomic E-state index is 0.301. The Labute approximate surface area is 145 Å². The molecule has 2 amide bonds. The summed E-state index contributed by atoms with van der Waals surface area (Å²) >= 11 is 1.63. The summed E-state index contributed by atoms with van der Waals surface area (Å²) in [6.07, 6.45) is 2.00. The van der Waals surface area contributed by atoms with Gasteiger partial charge in [0.05, 0.1) is 11.4 Å². The van der Waals surface area contributed by atoms with Crippen LogP contribution in [-0.4, -0.2) is 22.1 Å². The molecule has 3 rings (SSSR count). The molecule has 1 heterocycles. The zero-order chi connectivity index (χ0) is 16.9. The van der Waals surface area contributed by atoms with E-state index < -0.39 is 0 Å². The first-order valence-electron chi connectivity index (χ1n) is 7.50. The molecule has 0 fully saturated rings. The Morgan fingerprint density at radius 3 is 2.58 bits per heavy atom. The minimum Gasteiger partial charge on any atom is -0.308 e. The molecule has 5 nitrogen and oxygen atoms in total. The lowest BCUT2D eigenvalue weighted by Crippen LogP contribution is -2.21. The molecule has 0 unspecified atom stereocenters. The summed E-state index contributed by atoms with van der Waals surface area (Å²) in [5.41, 5.74) is 2.48. The molecule has 24 heavy (non-hydrogen) atoms. The zero-order valence-corrected chi connectivity index (χ0v) is 14.3. The number of carbonyl (C=O) groups is 1. The summed E-state index contributed by atoms with van der Waals surface area (Å²) in [5, 5.41) is 10.1. The number of aryl methyl sites for hydroxylation is 1. The van der Waals surface area contributed by atoms with Gasteiger partial charge < -0.3 is 5.32 Å². The van der Waals surface area contributed by atoms with Crippen LogP contribution in [-0.2, 0) is 0 Å². The topological polar surface area (TPSA) is 59.0 Å². The Balaban J connectivity index is 1.77. The number of carbonyl (C=O) groups excluding carboxylic acids is 1. The van der Waals surface area contributed by atoms with Crippen molar-refractivity contribution in [2.45, 2.75) is 11.8 Å². The molecule has 0 aliphatic heterocycles. The number of amides is 2. The summed E-state index contributed by atoms with van der Waals surface area (Å²) in [6.45, 7) is 1.89. The minimum atomic E-state index is -0.301. The third-order valence-corrected chi connectivity index (χ3v) is 4.13. The summed E-state index contributed by atoms with van der Waals surface area (Å²) in [6, 6.07) is 18.9. The number of aromatic nitrogens is 2. The first-order chi connectivity index (χ1) is 11.7. The van der Waals surface area contributed by atoms with Gasteiger partial charge in [-0.2, -0.15) is 5.10 Å². The summed E-state index contributed by atoms with van der Waals surface area (Å²) < 4.78 is 1.72. The molecule has 0 saturated heterocycles. The average molecular weight is 338 g/mol. The molecular weight excluding hydrogens is 320 g/mol. The van der Waals surface area contributed by atoms with Gasteiger partial charge >= 0.3 is 6.03 Å². The van der Waals surface area contributed by atoms with Crippen LogP contribution in [0.3, 0.4) is 0 Å². The molecule has 1 aromatic heterocycles. The number of benzene rings is 2. The second kappa shape index (κ2) is 7.23. The van der Waals surface area contributed by atoms with E-state index in [2.05, 4.69) is 15.7 Å². The highest BCUT2D eigenvalue weighted by Crippen LogP contribution is 2.20. The van der Waals surface area contributed by atoms with Gasteiger partial charge in [-0.3, -0.25) is 5.32 Å². The Morgan fingerprint density at radius 1 is 1.04 bits per heavy atom. The maximum absolute atomic E-state index is 12.3. The number of rotatable bonds is 4. The van der Waals surface area contributed by atoms with Crippen LogP contribution in [0, 0.1) is 6.92 Å². The van der Waals surface area contributed by atoms with Crippen LogP contribution in [0.5, 0.6) is 0 Å². The molecule has 2 aromatic carbocycles. The van der Waals surface area contributed by atoms with E-state index in [0.29, 0.717) is 5.82 Å². The number of para-hydroxylation sites is 1. The maximum Gasteiger partial charge on any atom is 0.324 e. The van der Waals surface area contributed by atoms with E-state index in [1.165, 1.54) is 0 Å². The molecule has 0 radical (unpaired) electrons. The number of hydrogen-bond acceptors (Lipinski definition) is 3. The van der Waals surface area contributed by atoms with Crippen molar-refractivity contribution in [1.82, 2.24) is 9.78 Å². The number of hydrogen-bond donors (Lipinski definition) is 2. The largest absolute Gasteiger partial charge is 0.324 e. The number of thioether (sulfide) groups is 1. The van der Waals surface area contributed by atoms with Crippen molar-refractivity contribution in [2.24, 2.45) is 0 Å². The Kier molecular flexibility index (Phi) is 4.86. The number of anilines is 2. The summed E-state index contributed by atoms with van der Waals surface area (Å²) in [5.74, 6) is 0.622. The highest BCUT2D eigenvalue weighted by Gasteiger charge is 2.11. The van der Waals surface area contributed by atoms with E-state index in [1.807, 2.05) is 73.8 Å². The second-order valence-corrected chi connectivity index (χ2v) is 6.11. The van der Waals surface area contributed by atoms with E-state index in [1.54, 1.807) is 16.4 Å². The Hall–Kier alpha value is -2.73. The normalized spacial score (nSPS) is 10.4. The third kappa shape index (κ3) is 3.78. The lowest BCUT2D eigenvalue weighted by atomic mass is 10.3. The van der Waals surface area contributed by atoms with Crippen LogP contribution >= 0.6 is 11.8 Å². The fourth-order valence-electron chi connectivity index (χ4n) is 2.33. The molecule has 122 valence electrons. The third-order valence-electron chi connectivity index (χ3n) is 3.40. The molecule has 3 aromatic rings. The fraction of sp³-hybridized carbons (Fsp3) is 0.111. The van der Waals surface area contributed by atoms with Gasteiger partial charge in [0.2, 0.25) is 0 Å². The number of nitrogens with one attached hydrogen (secondary N) is 2. The van der Waals surface area contributed by atoms with Gasteiger partial charge in [-0.25, -0.2) is 9.48 Å². The fourth-order valence-corrected chi connectivity index (χ4v) is 2.79. The van der Waals surface area contributed by atoms with Gasteiger partial charge in [0.1, 0.15) is 5.82 Å². The van der Waals surface area contributed by atoms with Gasteiger partial charge in [-0.15, -0.1) is 11.8 Å². The molecular formula is C18H18N4OS. The van der Waals surface area contributed by atoms with E-state index in [-0.39, 0.29) is 6.03 Å². The predicted octanol–water partition coefficient (Wildman–Crippen LogP) is 4.55. The summed E-state index contributed by atoms with van der Waals surface area (Å²) in [4.78, 5) is 13.4.